The van der Waals surface area contributed by atoms with E-state index in [1.807, 2.05) is 6.07 Å². The summed E-state index contributed by atoms with van der Waals surface area (Å²) in [5.74, 6) is -1.64. The fourth-order valence-corrected chi connectivity index (χ4v) is 2.79. The van der Waals surface area contributed by atoms with Crippen LogP contribution in [0.25, 0.3) is 0 Å². The minimum absolute atomic E-state index is 0.333. The summed E-state index contributed by atoms with van der Waals surface area (Å²) in [5.41, 5.74) is 1.40. The Morgan fingerprint density at radius 3 is 2.48 bits per heavy atom. The van der Waals surface area contributed by atoms with E-state index in [-0.39, 0.29) is 0 Å². The van der Waals surface area contributed by atoms with Gasteiger partial charge in [0.05, 0.1) is 5.92 Å². The average molecular weight is 336 g/mol. The van der Waals surface area contributed by atoms with E-state index in [0.717, 1.165) is 11.8 Å². The van der Waals surface area contributed by atoms with Crippen LogP contribution < -0.4 is 0 Å². The number of hydrogen-bond acceptors (Lipinski definition) is 3. The van der Waals surface area contributed by atoms with Gasteiger partial charge < -0.3 is 4.79 Å². The van der Waals surface area contributed by atoms with Crippen molar-refractivity contribution in [2.75, 3.05) is 6.54 Å². The topological polar surface area (TPSA) is 60.2 Å². The molecule has 0 unspecified atom stereocenters. The smallest absolute Gasteiger partial charge is 0.211 e. The van der Waals surface area contributed by atoms with E-state index in [2.05, 4.69) is 0 Å². The molecule has 0 N–H and O–H groups in total. The fourth-order valence-electron chi connectivity index (χ4n) is 2.58. The van der Waals surface area contributed by atoms with Crippen LogP contribution in [0.3, 0.4) is 0 Å². The number of halogens is 2. The molecule has 0 aromatic heterocycles. The minimum Gasteiger partial charge on any atom is -0.303 e. The normalized spacial score (nSPS) is 13.3. The van der Waals surface area contributed by atoms with Crippen LogP contribution in [0, 0.1) is 21.8 Å². The molecule has 0 aliphatic heterocycles. The summed E-state index contributed by atoms with van der Waals surface area (Å²) < 4.78 is 13.1. The molecule has 4 nitrogen and oxygen atoms in total. The van der Waals surface area contributed by atoms with E-state index in [1.165, 1.54) is 24.3 Å². The van der Waals surface area contributed by atoms with Crippen LogP contribution in [0.1, 0.15) is 17.0 Å². The van der Waals surface area contributed by atoms with Crippen molar-refractivity contribution < 1.29 is 14.1 Å². The molecule has 2 aromatic rings. The van der Waals surface area contributed by atoms with Crippen molar-refractivity contribution in [3.05, 3.63) is 80.6 Å². The van der Waals surface area contributed by atoms with Crippen molar-refractivity contribution >= 4 is 17.9 Å². The summed E-state index contributed by atoms with van der Waals surface area (Å²) in [5, 5.41) is 11.5. The lowest BCUT2D eigenvalue weighted by molar-refractivity contribution is -0.484. The predicted octanol–water partition coefficient (Wildman–Crippen LogP) is 3.90. The second-order valence-corrected chi connectivity index (χ2v) is 5.74. The van der Waals surface area contributed by atoms with E-state index in [1.54, 1.807) is 18.2 Å². The van der Waals surface area contributed by atoms with Gasteiger partial charge in [0.15, 0.2) is 0 Å². The number of hydrogen-bond donors (Lipinski definition) is 0. The van der Waals surface area contributed by atoms with Gasteiger partial charge in [0, 0.05) is 15.9 Å². The zero-order valence-corrected chi connectivity index (χ0v) is 12.9. The predicted molar refractivity (Wildman–Crippen MR) is 85.7 cm³/mol. The summed E-state index contributed by atoms with van der Waals surface area (Å²) in [7, 11) is 0. The van der Waals surface area contributed by atoms with Crippen molar-refractivity contribution in [3.63, 3.8) is 0 Å². The van der Waals surface area contributed by atoms with Crippen LogP contribution >= 0.6 is 11.6 Å². The van der Waals surface area contributed by atoms with Gasteiger partial charge in [0.2, 0.25) is 6.54 Å². The lowest BCUT2D eigenvalue weighted by Crippen LogP contribution is -2.24. The molecule has 0 bridgehead atoms. The molecule has 0 saturated carbocycles. The second kappa shape index (κ2) is 7.83. The summed E-state index contributed by atoms with van der Waals surface area (Å²) in [6.45, 7) is -0.393. The maximum absolute atomic E-state index is 13.1. The Kier molecular flexibility index (Phi) is 5.82. The van der Waals surface area contributed by atoms with E-state index in [9.17, 15) is 19.3 Å². The lowest BCUT2D eigenvalue weighted by atomic mass is 9.83. The molecule has 2 atom stereocenters. The maximum Gasteiger partial charge on any atom is 0.211 e. The molecule has 23 heavy (non-hydrogen) atoms. The van der Waals surface area contributed by atoms with E-state index < -0.39 is 29.1 Å². The van der Waals surface area contributed by atoms with Crippen molar-refractivity contribution in [1.29, 1.82) is 0 Å². The highest BCUT2D eigenvalue weighted by atomic mass is 35.5. The van der Waals surface area contributed by atoms with Crippen LogP contribution in [0.15, 0.2) is 48.5 Å². The Bertz CT molecular complexity index is 690. The molecule has 0 fully saturated rings. The van der Waals surface area contributed by atoms with Crippen LogP contribution in [-0.2, 0) is 11.2 Å². The van der Waals surface area contributed by atoms with Gasteiger partial charge in [-0.15, -0.1) is 0 Å². The van der Waals surface area contributed by atoms with Crippen molar-refractivity contribution in [2.45, 2.75) is 12.3 Å². The molecular formula is C17H15ClFNO3. The van der Waals surface area contributed by atoms with Crippen LogP contribution in [0.4, 0.5) is 4.39 Å². The third-order valence-electron chi connectivity index (χ3n) is 3.70. The standard InChI is InChI=1S/C17H15ClFNO3/c18-15-3-1-2-12(9-15)8-14(11-21)17(10-20(22)23)13-4-6-16(19)7-5-13/h1-7,9,11,14,17H,8,10H2/t14-,17-/m0/s1. The Hall–Kier alpha value is -2.27. The van der Waals surface area contributed by atoms with Gasteiger partial charge >= 0.3 is 0 Å². The van der Waals surface area contributed by atoms with Crippen molar-refractivity contribution in [2.24, 2.45) is 5.92 Å². The molecule has 2 rings (SSSR count). The number of aldehydes is 1. The Labute approximate surface area is 138 Å². The first-order chi connectivity index (χ1) is 11.0. The first kappa shape index (κ1) is 17.1. The van der Waals surface area contributed by atoms with Gasteiger partial charge in [-0.1, -0.05) is 35.9 Å². The Balaban J connectivity index is 2.29. The Morgan fingerprint density at radius 2 is 1.91 bits per heavy atom. The zero-order chi connectivity index (χ0) is 16.8. The molecule has 0 heterocycles. The summed E-state index contributed by atoms with van der Waals surface area (Å²) in [6, 6.07) is 12.5. The van der Waals surface area contributed by atoms with E-state index in [4.69, 9.17) is 11.6 Å². The van der Waals surface area contributed by atoms with Gasteiger partial charge in [-0.3, -0.25) is 10.1 Å². The molecule has 0 spiro atoms. The molecule has 0 radical (unpaired) electrons. The van der Waals surface area contributed by atoms with Gasteiger partial charge in [-0.05, 0) is 41.8 Å². The first-order valence-corrected chi connectivity index (χ1v) is 7.44. The molecule has 6 heteroatoms. The molecule has 120 valence electrons. The Morgan fingerprint density at radius 1 is 1.22 bits per heavy atom. The number of nitrogens with zero attached hydrogens (tertiary/aromatic N) is 1. The van der Waals surface area contributed by atoms with Gasteiger partial charge in [0.1, 0.15) is 12.1 Å². The molecule has 0 aliphatic carbocycles. The van der Waals surface area contributed by atoms with E-state index in [0.29, 0.717) is 17.0 Å². The number of nitro groups is 1. The van der Waals surface area contributed by atoms with Gasteiger partial charge in [0.25, 0.3) is 0 Å². The number of rotatable bonds is 7. The number of carbonyl (C=O) groups is 1. The van der Waals surface area contributed by atoms with Crippen LogP contribution in [-0.4, -0.2) is 17.8 Å². The summed E-state index contributed by atoms with van der Waals surface area (Å²) in [6.07, 6.45) is 1.05. The highest BCUT2D eigenvalue weighted by Crippen LogP contribution is 2.28. The third-order valence-corrected chi connectivity index (χ3v) is 3.93. The zero-order valence-electron chi connectivity index (χ0n) is 12.2. The van der Waals surface area contributed by atoms with Crippen molar-refractivity contribution in [1.82, 2.24) is 0 Å². The fraction of sp³-hybridized carbons (Fsp3) is 0.235. The summed E-state index contributed by atoms with van der Waals surface area (Å²) in [4.78, 5) is 22.0. The van der Waals surface area contributed by atoms with Crippen LogP contribution in [0.5, 0.6) is 0 Å². The van der Waals surface area contributed by atoms with Crippen LogP contribution in [0.2, 0.25) is 5.02 Å². The molecule has 0 amide bonds. The largest absolute Gasteiger partial charge is 0.303 e. The highest BCUT2D eigenvalue weighted by molar-refractivity contribution is 6.30. The van der Waals surface area contributed by atoms with Crippen molar-refractivity contribution in [3.8, 4) is 0 Å². The second-order valence-electron chi connectivity index (χ2n) is 5.31. The monoisotopic (exact) mass is 335 g/mol. The van der Waals surface area contributed by atoms with E-state index >= 15 is 0 Å². The lowest BCUT2D eigenvalue weighted by Gasteiger charge is -2.20. The highest BCUT2D eigenvalue weighted by Gasteiger charge is 2.28. The molecule has 0 aliphatic rings. The summed E-state index contributed by atoms with van der Waals surface area (Å²) >= 11 is 5.93. The number of benzene rings is 2. The average Bonchev–Trinajstić information content (AvgIpc) is 2.51. The quantitative estimate of drug-likeness (QED) is 0.438. The maximum atomic E-state index is 13.1. The minimum atomic E-state index is -0.623. The molecular weight excluding hydrogens is 321 g/mol. The molecule has 0 saturated heterocycles. The first-order valence-electron chi connectivity index (χ1n) is 7.06. The third kappa shape index (κ3) is 4.86. The van der Waals surface area contributed by atoms with Gasteiger partial charge in [-0.2, -0.15) is 0 Å². The molecule has 2 aromatic carbocycles. The van der Waals surface area contributed by atoms with Gasteiger partial charge in [-0.25, -0.2) is 4.39 Å². The number of carbonyl (C=O) groups excluding carboxylic acids is 1. The SMILES string of the molecule is O=C[C@H](Cc1cccc(Cl)c1)[C@@H](C[N+](=O)[O-])c1ccc(F)cc1.